The summed E-state index contributed by atoms with van der Waals surface area (Å²) >= 11 is 0. The van der Waals surface area contributed by atoms with Crippen molar-refractivity contribution in [2.24, 2.45) is 0 Å². The molecule has 0 fully saturated rings. The van der Waals surface area contributed by atoms with Gasteiger partial charge in [-0.3, -0.25) is 9.59 Å². The summed E-state index contributed by atoms with van der Waals surface area (Å²) in [5, 5.41) is 5.64. The van der Waals surface area contributed by atoms with Gasteiger partial charge in [0.1, 0.15) is 11.6 Å². The maximum Gasteiger partial charge on any atom is 0.228 e. The predicted molar refractivity (Wildman–Crippen MR) is 96.0 cm³/mol. The summed E-state index contributed by atoms with van der Waals surface area (Å²) in [5.41, 5.74) is 2.46. The topological polar surface area (TPSA) is 74.0 Å². The van der Waals surface area contributed by atoms with Crippen molar-refractivity contribution < 1.29 is 18.4 Å². The molecule has 0 saturated carbocycles. The molecule has 0 saturated heterocycles. The highest BCUT2D eigenvalue weighted by atomic mass is 19.1. The second kappa shape index (κ2) is 6.95. The number of fused-ring (bicyclic) bond motifs is 1. The molecule has 0 bridgehead atoms. The SMILES string of the molecule is CC(=O)Nc1ccc(F)c(NC(=O)Cc2c(C)[nH]c3ccc(F)cc23)c1. The average Bonchev–Trinajstić information content (AvgIpc) is 2.85. The van der Waals surface area contributed by atoms with Gasteiger partial charge in [-0.25, -0.2) is 8.78 Å². The van der Waals surface area contributed by atoms with Crippen molar-refractivity contribution in [3.63, 3.8) is 0 Å². The maximum atomic E-state index is 13.9. The van der Waals surface area contributed by atoms with E-state index in [4.69, 9.17) is 0 Å². The summed E-state index contributed by atoms with van der Waals surface area (Å²) < 4.78 is 27.5. The Bertz CT molecular complexity index is 1010. The molecule has 2 amide bonds. The number of carbonyl (C=O) groups excluding carboxylic acids is 2. The van der Waals surface area contributed by atoms with Crippen LogP contribution in [0.5, 0.6) is 0 Å². The number of hydrogen-bond acceptors (Lipinski definition) is 2. The summed E-state index contributed by atoms with van der Waals surface area (Å²) in [7, 11) is 0. The molecule has 3 rings (SSSR count). The molecule has 0 radical (unpaired) electrons. The largest absolute Gasteiger partial charge is 0.358 e. The fourth-order valence-corrected chi connectivity index (χ4v) is 2.84. The van der Waals surface area contributed by atoms with E-state index in [1.165, 1.54) is 31.2 Å². The number of nitrogens with one attached hydrogen (secondary N) is 3. The van der Waals surface area contributed by atoms with Crippen molar-refractivity contribution in [3.05, 3.63) is 59.3 Å². The highest BCUT2D eigenvalue weighted by Crippen LogP contribution is 2.25. The number of amides is 2. The Morgan fingerprint density at radius 1 is 1.08 bits per heavy atom. The van der Waals surface area contributed by atoms with E-state index >= 15 is 0 Å². The van der Waals surface area contributed by atoms with Gasteiger partial charge in [0.25, 0.3) is 0 Å². The lowest BCUT2D eigenvalue weighted by Crippen LogP contribution is -2.16. The van der Waals surface area contributed by atoms with Gasteiger partial charge in [0.2, 0.25) is 11.8 Å². The minimum atomic E-state index is -0.617. The first kappa shape index (κ1) is 17.6. The average molecular weight is 357 g/mol. The second-order valence-corrected chi connectivity index (χ2v) is 6.02. The first-order chi connectivity index (χ1) is 12.3. The Kier molecular flexibility index (Phi) is 4.71. The Morgan fingerprint density at radius 3 is 2.58 bits per heavy atom. The van der Waals surface area contributed by atoms with Crippen molar-refractivity contribution in [2.45, 2.75) is 20.3 Å². The van der Waals surface area contributed by atoms with Crippen LogP contribution in [-0.4, -0.2) is 16.8 Å². The fourth-order valence-electron chi connectivity index (χ4n) is 2.84. The molecule has 5 nitrogen and oxygen atoms in total. The van der Waals surface area contributed by atoms with Crippen molar-refractivity contribution in [3.8, 4) is 0 Å². The van der Waals surface area contributed by atoms with E-state index in [2.05, 4.69) is 15.6 Å². The summed E-state index contributed by atoms with van der Waals surface area (Å²) in [4.78, 5) is 26.6. The van der Waals surface area contributed by atoms with E-state index < -0.39 is 17.5 Å². The van der Waals surface area contributed by atoms with Gasteiger partial charge in [-0.15, -0.1) is 0 Å². The standard InChI is InChI=1S/C19H17F2N3O2/c1-10-14(15-7-12(20)3-6-17(15)22-10)9-19(26)24-18-8-13(23-11(2)25)4-5-16(18)21/h3-8,22H,9H2,1-2H3,(H,23,25)(H,24,26). The van der Waals surface area contributed by atoms with Crippen LogP contribution in [0.4, 0.5) is 20.2 Å². The third-order valence-corrected chi connectivity index (χ3v) is 3.98. The fraction of sp³-hybridized carbons (Fsp3) is 0.158. The molecule has 134 valence electrons. The number of rotatable bonds is 4. The van der Waals surface area contributed by atoms with Gasteiger partial charge in [0.15, 0.2) is 0 Å². The molecule has 0 aliphatic rings. The van der Waals surface area contributed by atoms with Crippen molar-refractivity contribution >= 4 is 34.1 Å². The first-order valence-corrected chi connectivity index (χ1v) is 7.97. The number of hydrogen-bond donors (Lipinski definition) is 3. The van der Waals surface area contributed by atoms with Crippen LogP contribution in [0.2, 0.25) is 0 Å². The van der Waals surface area contributed by atoms with E-state index in [0.29, 0.717) is 16.6 Å². The van der Waals surface area contributed by atoms with Crippen LogP contribution in [0.3, 0.4) is 0 Å². The summed E-state index contributed by atoms with van der Waals surface area (Å²) in [5.74, 6) is -1.76. The zero-order valence-corrected chi connectivity index (χ0v) is 14.2. The van der Waals surface area contributed by atoms with E-state index in [0.717, 1.165) is 17.3 Å². The number of aryl methyl sites for hydroxylation is 1. The molecular formula is C19H17F2N3O2. The molecule has 0 unspecified atom stereocenters. The van der Waals surface area contributed by atoms with Gasteiger partial charge in [0.05, 0.1) is 12.1 Å². The Hall–Kier alpha value is -3.22. The number of aromatic amines is 1. The number of aromatic nitrogens is 1. The highest BCUT2D eigenvalue weighted by molar-refractivity contribution is 5.97. The van der Waals surface area contributed by atoms with E-state index in [1.54, 1.807) is 13.0 Å². The van der Waals surface area contributed by atoms with Crippen molar-refractivity contribution in [1.29, 1.82) is 0 Å². The third kappa shape index (κ3) is 3.72. The summed E-state index contributed by atoms with van der Waals surface area (Å²) in [6.07, 6.45) is -0.0426. The number of H-pyrrole nitrogens is 1. The number of carbonyl (C=O) groups is 2. The van der Waals surface area contributed by atoms with Crippen LogP contribution in [-0.2, 0) is 16.0 Å². The minimum absolute atomic E-state index is 0.0371. The quantitative estimate of drug-likeness (QED) is 0.663. The molecule has 26 heavy (non-hydrogen) atoms. The molecule has 7 heteroatoms. The van der Waals surface area contributed by atoms with Crippen LogP contribution in [0.15, 0.2) is 36.4 Å². The summed E-state index contributed by atoms with van der Waals surface area (Å²) in [6.45, 7) is 3.12. The van der Waals surface area contributed by atoms with E-state index in [-0.39, 0.29) is 18.0 Å². The lowest BCUT2D eigenvalue weighted by atomic mass is 10.1. The predicted octanol–water partition coefficient (Wildman–Crippen LogP) is 3.89. The highest BCUT2D eigenvalue weighted by Gasteiger charge is 2.15. The Balaban J connectivity index is 1.83. The molecule has 3 N–H and O–H groups in total. The van der Waals surface area contributed by atoms with Gasteiger partial charge in [-0.05, 0) is 48.9 Å². The molecule has 0 spiro atoms. The molecule has 3 aromatic rings. The lowest BCUT2D eigenvalue weighted by Gasteiger charge is -2.09. The summed E-state index contributed by atoms with van der Waals surface area (Å²) in [6, 6.07) is 8.21. The lowest BCUT2D eigenvalue weighted by molar-refractivity contribution is -0.116. The van der Waals surface area contributed by atoms with Crippen LogP contribution in [0.1, 0.15) is 18.2 Å². The normalized spacial score (nSPS) is 10.8. The molecule has 2 aromatic carbocycles. The monoisotopic (exact) mass is 357 g/mol. The van der Waals surface area contributed by atoms with Crippen LogP contribution in [0, 0.1) is 18.6 Å². The molecule has 0 aliphatic heterocycles. The molecular weight excluding hydrogens is 340 g/mol. The van der Waals surface area contributed by atoms with Gasteiger partial charge in [-0.1, -0.05) is 0 Å². The number of halogens is 2. The van der Waals surface area contributed by atoms with Crippen LogP contribution in [0.25, 0.3) is 10.9 Å². The van der Waals surface area contributed by atoms with Crippen LogP contribution < -0.4 is 10.6 Å². The van der Waals surface area contributed by atoms with Crippen molar-refractivity contribution in [1.82, 2.24) is 4.98 Å². The van der Waals surface area contributed by atoms with Gasteiger partial charge in [0, 0.05) is 29.2 Å². The number of anilines is 2. The number of benzene rings is 2. The molecule has 1 heterocycles. The molecule has 0 atom stereocenters. The zero-order chi connectivity index (χ0) is 18.8. The molecule has 0 aliphatic carbocycles. The Morgan fingerprint density at radius 2 is 1.85 bits per heavy atom. The van der Waals surface area contributed by atoms with E-state index in [1.807, 2.05) is 0 Å². The molecule has 1 aromatic heterocycles. The van der Waals surface area contributed by atoms with Crippen molar-refractivity contribution in [2.75, 3.05) is 10.6 Å². The van der Waals surface area contributed by atoms with Gasteiger partial charge in [-0.2, -0.15) is 0 Å². The minimum Gasteiger partial charge on any atom is -0.358 e. The van der Waals surface area contributed by atoms with Crippen LogP contribution >= 0.6 is 0 Å². The smallest absolute Gasteiger partial charge is 0.228 e. The maximum absolute atomic E-state index is 13.9. The first-order valence-electron chi connectivity index (χ1n) is 7.97. The Labute approximate surface area is 148 Å². The van der Waals surface area contributed by atoms with E-state index in [9.17, 15) is 18.4 Å². The van der Waals surface area contributed by atoms with Gasteiger partial charge >= 0.3 is 0 Å². The second-order valence-electron chi connectivity index (χ2n) is 6.02. The zero-order valence-electron chi connectivity index (χ0n) is 14.2. The van der Waals surface area contributed by atoms with Gasteiger partial charge < -0.3 is 15.6 Å². The third-order valence-electron chi connectivity index (χ3n) is 3.98.